The molecule has 1 aromatic heterocycles. The second-order valence-electron chi connectivity index (χ2n) is 9.38. The van der Waals surface area contributed by atoms with Crippen LogP contribution in [0.5, 0.6) is 0 Å². The van der Waals surface area contributed by atoms with E-state index in [0.29, 0.717) is 49.6 Å². The fourth-order valence-corrected chi connectivity index (χ4v) is 5.99. The van der Waals surface area contributed by atoms with Gasteiger partial charge in [0.1, 0.15) is 16.4 Å². The number of H-pyrrole nitrogens is 1. The predicted molar refractivity (Wildman–Crippen MR) is 126 cm³/mol. The summed E-state index contributed by atoms with van der Waals surface area (Å²) in [5, 5.41) is 2.69. The molecule has 1 atom stereocenters. The zero-order chi connectivity index (χ0) is 24.5. The molecular weight excluding hydrogens is 459 g/mol. The number of carbonyl (C=O) groups is 2. The van der Waals surface area contributed by atoms with Gasteiger partial charge in [0.15, 0.2) is 0 Å². The van der Waals surface area contributed by atoms with Crippen molar-refractivity contribution in [3.63, 3.8) is 0 Å². The first kappa shape index (κ1) is 24.4. The largest absolute Gasteiger partial charge is 0.356 e. The zero-order valence-electron chi connectivity index (χ0n) is 19.5. The second-order valence-corrected chi connectivity index (χ2v) is 11.3. The molecule has 2 aromatic rings. The third-order valence-corrected chi connectivity index (χ3v) is 8.63. The van der Waals surface area contributed by atoms with Gasteiger partial charge in [0.05, 0.1) is 5.92 Å². The summed E-state index contributed by atoms with van der Waals surface area (Å²) in [6.07, 6.45) is 4.28. The Kier molecular flexibility index (Phi) is 7.09. The average Bonchev–Trinajstić information content (AvgIpc) is 3.33. The lowest BCUT2D eigenvalue weighted by Gasteiger charge is -2.31. The summed E-state index contributed by atoms with van der Waals surface area (Å²) in [4.78, 5) is 30.1. The number of aromatic nitrogens is 1. The lowest BCUT2D eigenvalue weighted by Crippen LogP contribution is -2.43. The van der Waals surface area contributed by atoms with Gasteiger partial charge in [-0.3, -0.25) is 9.59 Å². The summed E-state index contributed by atoms with van der Waals surface area (Å²) in [7, 11) is -3.87. The minimum Gasteiger partial charge on any atom is -0.356 e. The molecule has 3 heterocycles. The van der Waals surface area contributed by atoms with Crippen molar-refractivity contribution in [1.29, 1.82) is 0 Å². The number of nitrogens with zero attached hydrogens (tertiary/aromatic N) is 2. The Bertz CT molecular complexity index is 1170. The molecule has 184 valence electrons. The molecule has 0 unspecified atom stereocenters. The molecule has 4 rings (SSSR count). The molecule has 1 aromatic carbocycles. The Morgan fingerprint density at radius 3 is 2.56 bits per heavy atom. The number of likely N-dealkylation sites (tertiary alicyclic amines) is 1. The Hall–Kier alpha value is -2.72. The van der Waals surface area contributed by atoms with E-state index in [1.54, 1.807) is 24.0 Å². The Balaban J connectivity index is 1.42. The van der Waals surface area contributed by atoms with Crippen molar-refractivity contribution in [2.45, 2.75) is 44.4 Å². The minimum absolute atomic E-state index is 0.0166. The van der Waals surface area contributed by atoms with Gasteiger partial charge in [-0.15, -0.1) is 0 Å². The molecule has 0 spiro atoms. The third-order valence-electron chi connectivity index (χ3n) is 6.79. The van der Waals surface area contributed by atoms with Crippen molar-refractivity contribution in [3.8, 4) is 0 Å². The van der Waals surface area contributed by atoms with E-state index in [4.69, 9.17) is 0 Å². The molecule has 2 aliphatic heterocycles. The molecule has 0 bridgehead atoms. The first-order chi connectivity index (χ1) is 16.1. The van der Waals surface area contributed by atoms with Crippen LogP contribution in [-0.2, 0) is 14.8 Å². The van der Waals surface area contributed by atoms with Crippen molar-refractivity contribution in [2.75, 3.05) is 31.5 Å². The van der Waals surface area contributed by atoms with Crippen LogP contribution in [0.3, 0.4) is 0 Å². The monoisotopic (exact) mass is 490 g/mol. The van der Waals surface area contributed by atoms with Gasteiger partial charge < -0.3 is 15.2 Å². The topological polar surface area (TPSA) is 103 Å². The van der Waals surface area contributed by atoms with Crippen LogP contribution in [0.4, 0.5) is 10.1 Å². The summed E-state index contributed by atoms with van der Waals surface area (Å²) < 4.78 is 41.6. The standard InChI is InChI=1S/C24H31FN4O4S/c1-16-7-10-28(11-8-16)24(31)22-13-20(14-26-22)34(32,33)29-9-3-4-18(15-29)23(30)27-19-6-5-17(2)21(25)12-19/h5-6,12-14,16,18,26H,3-4,7-11,15H2,1-2H3,(H,27,30)/t18-/m1/s1. The number of sulfonamides is 1. The van der Waals surface area contributed by atoms with Gasteiger partial charge in [-0.05, 0) is 62.3 Å². The van der Waals surface area contributed by atoms with E-state index in [-0.39, 0.29) is 28.9 Å². The SMILES string of the molecule is Cc1ccc(NC(=O)[C@@H]2CCCN(S(=O)(=O)c3c[nH]c(C(=O)N4CCC(C)CC4)c3)C2)cc1F. The number of anilines is 1. The van der Waals surface area contributed by atoms with Crippen LogP contribution >= 0.6 is 0 Å². The van der Waals surface area contributed by atoms with Crippen molar-refractivity contribution in [2.24, 2.45) is 11.8 Å². The Morgan fingerprint density at radius 1 is 1.12 bits per heavy atom. The molecule has 2 saturated heterocycles. The van der Waals surface area contributed by atoms with Crippen LogP contribution < -0.4 is 5.32 Å². The number of nitrogens with one attached hydrogen (secondary N) is 2. The number of aromatic amines is 1. The van der Waals surface area contributed by atoms with Crippen molar-refractivity contribution < 1.29 is 22.4 Å². The van der Waals surface area contributed by atoms with Crippen molar-refractivity contribution in [1.82, 2.24) is 14.2 Å². The molecule has 0 saturated carbocycles. The summed E-state index contributed by atoms with van der Waals surface area (Å²) >= 11 is 0. The first-order valence-electron chi connectivity index (χ1n) is 11.7. The van der Waals surface area contributed by atoms with Crippen molar-refractivity contribution >= 4 is 27.5 Å². The number of hydrogen-bond donors (Lipinski definition) is 2. The third kappa shape index (κ3) is 5.17. The fraction of sp³-hybridized carbons (Fsp3) is 0.500. The highest BCUT2D eigenvalue weighted by Gasteiger charge is 2.34. The van der Waals surface area contributed by atoms with Crippen LogP contribution in [0.25, 0.3) is 0 Å². The number of piperidine rings is 2. The quantitative estimate of drug-likeness (QED) is 0.671. The highest BCUT2D eigenvalue weighted by molar-refractivity contribution is 7.89. The lowest BCUT2D eigenvalue weighted by atomic mass is 9.98. The lowest BCUT2D eigenvalue weighted by molar-refractivity contribution is -0.120. The van der Waals surface area contributed by atoms with E-state index >= 15 is 0 Å². The van der Waals surface area contributed by atoms with Gasteiger partial charge in [0.25, 0.3) is 5.91 Å². The van der Waals surface area contributed by atoms with Crippen LogP contribution in [0, 0.1) is 24.6 Å². The van der Waals surface area contributed by atoms with E-state index in [1.807, 2.05) is 0 Å². The summed E-state index contributed by atoms with van der Waals surface area (Å²) in [6.45, 7) is 5.44. The van der Waals surface area contributed by atoms with Crippen LogP contribution in [0.1, 0.15) is 48.7 Å². The maximum Gasteiger partial charge on any atom is 0.270 e. The van der Waals surface area contributed by atoms with Gasteiger partial charge in [-0.2, -0.15) is 4.31 Å². The predicted octanol–water partition coefficient (Wildman–Crippen LogP) is 3.37. The van der Waals surface area contributed by atoms with Gasteiger partial charge in [0.2, 0.25) is 15.9 Å². The molecule has 2 N–H and O–H groups in total. The van der Waals surface area contributed by atoms with Crippen LogP contribution in [-0.4, -0.2) is 60.6 Å². The summed E-state index contributed by atoms with van der Waals surface area (Å²) in [5.74, 6) is -0.925. The van der Waals surface area contributed by atoms with E-state index in [0.717, 1.165) is 12.8 Å². The van der Waals surface area contributed by atoms with E-state index in [2.05, 4.69) is 17.2 Å². The molecule has 2 aliphatic rings. The molecular formula is C24H31FN4O4S. The number of benzene rings is 1. The van der Waals surface area contributed by atoms with Gasteiger partial charge >= 0.3 is 0 Å². The van der Waals surface area contributed by atoms with Gasteiger partial charge in [-0.1, -0.05) is 13.0 Å². The number of halogens is 1. The number of carbonyl (C=O) groups excluding carboxylic acids is 2. The van der Waals surface area contributed by atoms with Gasteiger partial charge in [0, 0.05) is 38.1 Å². The summed E-state index contributed by atoms with van der Waals surface area (Å²) in [5.41, 5.74) is 1.07. The Morgan fingerprint density at radius 2 is 1.85 bits per heavy atom. The van der Waals surface area contributed by atoms with Crippen LogP contribution in [0.15, 0.2) is 35.4 Å². The first-order valence-corrected chi connectivity index (χ1v) is 13.1. The normalized spacial score (nSPS) is 20.3. The smallest absolute Gasteiger partial charge is 0.270 e. The Labute approximate surface area is 199 Å². The highest BCUT2D eigenvalue weighted by atomic mass is 32.2. The maximum absolute atomic E-state index is 13.8. The molecule has 0 radical (unpaired) electrons. The van der Waals surface area contributed by atoms with E-state index < -0.39 is 21.8 Å². The molecule has 2 fully saturated rings. The van der Waals surface area contributed by atoms with E-state index in [1.165, 1.54) is 22.6 Å². The maximum atomic E-state index is 13.8. The second kappa shape index (κ2) is 9.87. The number of aryl methyl sites for hydroxylation is 1. The summed E-state index contributed by atoms with van der Waals surface area (Å²) in [6, 6.07) is 5.84. The van der Waals surface area contributed by atoms with Crippen molar-refractivity contribution in [3.05, 3.63) is 47.5 Å². The minimum atomic E-state index is -3.87. The molecule has 34 heavy (non-hydrogen) atoms. The average molecular weight is 491 g/mol. The molecule has 8 nitrogen and oxygen atoms in total. The highest BCUT2D eigenvalue weighted by Crippen LogP contribution is 2.26. The van der Waals surface area contributed by atoms with Gasteiger partial charge in [-0.25, -0.2) is 12.8 Å². The molecule has 2 amide bonds. The van der Waals surface area contributed by atoms with E-state index in [9.17, 15) is 22.4 Å². The molecule has 0 aliphatic carbocycles. The number of hydrogen-bond acceptors (Lipinski definition) is 4. The van der Waals surface area contributed by atoms with Crippen LogP contribution in [0.2, 0.25) is 0 Å². The zero-order valence-corrected chi connectivity index (χ0v) is 20.3. The number of amides is 2. The fourth-order valence-electron chi connectivity index (χ4n) is 4.47. The number of rotatable bonds is 5. The molecule has 10 heteroatoms.